The monoisotopic (exact) mass is 550 g/mol. The number of para-hydroxylation sites is 1. The van der Waals surface area contributed by atoms with E-state index in [-0.39, 0.29) is 4.90 Å². The average molecular weight is 551 g/mol. The quantitative estimate of drug-likeness (QED) is 0.233. The molecule has 0 saturated heterocycles. The van der Waals surface area contributed by atoms with Crippen LogP contribution in [0, 0.1) is 0 Å². The normalized spacial score (nSPS) is 11.7. The van der Waals surface area contributed by atoms with E-state index in [4.69, 9.17) is 9.84 Å². The molecule has 0 bridgehead atoms. The van der Waals surface area contributed by atoms with Gasteiger partial charge in [-0.3, -0.25) is 9.78 Å². The largest absolute Gasteiger partial charge is 0.494 e. The first kappa shape index (κ1) is 26.6. The number of hydrogen-bond acceptors (Lipinski definition) is 6. The van der Waals surface area contributed by atoms with Crippen molar-refractivity contribution in [3.8, 4) is 22.7 Å². The van der Waals surface area contributed by atoms with Gasteiger partial charge in [-0.2, -0.15) is 5.10 Å². The Morgan fingerprint density at radius 1 is 0.900 bits per heavy atom. The number of ether oxygens (including phenoxy) is 1. The van der Waals surface area contributed by atoms with Gasteiger partial charge >= 0.3 is 0 Å². The topological polar surface area (TPSA) is 103 Å². The SMILES string of the molecule is CCOc1ccc(-c2nn(-c3ccccc3)cc2/C=C(\C(=O)Nc2ccncc2)S(=O)(=O)c2ccccc2)cc1. The number of benzene rings is 3. The number of amides is 1. The van der Waals surface area contributed by atoms with E-state index in [1.54, 1.807) is 41.2 Å². The molecule has 5 rings (SSSR count). The minimum absolute atomic E-state index is 0.00389. The van der Waals surface area contributed by atoms with E-state index in [0.29, 0.717) is 29.3 Å². The van der Waals surface area contributed by atoms with E-state index in [0.717, 1.165) is 11.3 Å². The van der Waals surface area contributed by atoms with Gasteiger partial charge < -0.3 is 10.1 Å². The molecule has 0 radical (unpaired) electrons. The minimum atomic E-state index is -4.21. The van der Waals surface area contributed by atoms with Gasteiger partial charge in [0.1, 0.15) is 10.7 Å². The van der Waals surface area contributed by atoms with Crippen molar-refractivity contribution in [3.05, 3.63) is 126 Å². The number of pyridine rings is 1. The van der Waals surface area contributed by atoms with Crippen molar-refractivity contribution in [2.24, 2.45) is 0 Å². The summed E-state index contributed by atoms with van der Waals surface area (Å²) in [5.74, 6) is -0.0740. The van der Waals surface area contributed by atoms with Crippen LogP contribution >= 0.6 is 0 Å². The zero-order valence-electron chi connectivity index (χ0n) is 21.6. The first-order valence-electron chi connectivity index (χ1n) is 12.6. The van der Waals surface area contributed by atoms with Gasteiger partial charge in [-0.05, 0) is 73.7 Å². The highest BCUT2D eigenvalue weighted by molar-refractivity contribution is 7.96. The summed E-state index contributed by atoms with van der Waals surface area (Å²) in [6, 6.07) is 27.8. The second kappa shape index (κ2) is 11.8. The van der Waals surface area contributed by atoms with Crippen LogP contribution in [0.15, 0.2) is 125 Å². The van der Waals surface area contributed by atoms with Gasteiger partial charge in [0, 0.05) is 35.4 Å². The molecule has 9 heteroatoms. The van der Waals surface area contributed by atoms with Gasteiger partial charge in [0.15, 0.2) is 0 Å². The lowest BCUT2D eigenvalue weighted by molar-refractivity contribution is -0.112. The molecular formula is C31H26N4O4S. The number of sulfone groups is 1. The van der Waals surface area contributed by atoms with Crippen LogP contribution in [0.3, 0.4) is 0 Å². The lowest BCUT2D eigenvalue weighted by Gasteiger charge is -2.11. The lowest BCUT2D eigenvalue weighted by Crippen LogP contribution is -2.21. The number of anilines is 1. The molecule has 8 nitrogen and oxygen atoms in total. The van der Waals surface area contributed by atoms with Gasteiger partial charge in [-0.1, -0.05) is 36.4 Å². The van der Waals surface area contributed by atoms with Crippen molar-refractivity contribution in [2.45, 2.75) is 11.8 Å². The Hall–Kier alpha value is -5.02. The Labute approximate surface area is 232 Å². The van der Waals surface area contributed by atoms with E-state index in [9.17, 15) is 13.2 Å². The summed E-state index contributed by atoms with van der Waals surface area (Å²) >= 11 is 0. The Bertz CT molecular complexity index is 1730. The molecule has 0 saturated carbocycles. The van der Waals surface area contributed by atoms with Crippen LogP contribution in [0.5, 0.6) is 5.75 Å². The molecule has 0 aliphatic rings. The summed E-state index contributed by atoms with van der Waals surface area (Å²) in [5.41, 5.74) is 2.89. The van der Waals surface area contributed by atoms with Crippen LogP contribution in [0.4, 0.5) is 5.69 Å². The lowest BCUT2D eigenvalue weighted by atomic mass is 10.1. The van der Waals surface area contributed by atoms with E-state index in [1.807, 2.05) is 61.5 Å². The van der Waals surface area contributed by atoms with Crippen molar-refractivity contribution in [1.29, 1.82) is 0 Å². The van der Waals surface area contributed by atoms with E-state index in [2.05, 4.69) is 10.3 Å². The highest BCUT2D eigenvalue weighted by Gasteiger charge is 2.28. The van der Waals surface area contributed by atoms with Crippen molar-refractivity contribution in [1.82, 2.24) is 14.8 Å². The van der Waals surface area contributed by atoms with Gasteiger partial charge in [0.05, 0.1) is 22.9 Å². The van der Waals surface area contributed by atoms with Crippen LogP contribution < -0.4 is 10.1 Å². The maximum absolute atomic E-state index is 13.8. The fourth-order valence-corrected chi connectivity index (χ4v) is 5.41. The van der Waals surface area contributed by atoms with Crippen LogP contribution in [-0.2, 0) is 14.6 Å². The van der Waals surface area contributed by atoms with Crippen molar-refractivity contribution >= 4 is 27.5 Å². The molecule has 1 N–H and O–H groups in total. The number of aromatic nitrogens is 3. The second-order valence-corrected chi connectivity index (χ2v) is 10.6. The van der Waals surface area contributed by atoms with E-state index < -0.39 is 20.6 Å². The minimum Gasteiger partial charge on any atom is -0.494 e. The third-order valence-corrected chi connectivity index (χ3v) is 7.77. The summed E-state index contributed by atoms with van der Waals surface area (Å²) in [6.07, 6.45) is 6.11. The third-order valence-electron chi connectivity index (χ3n) is 5.99. The molecule has 0 unspecified atom stereocenters. The van der Waals surface area contributed by atoms with E-state index in [1.165, 1.54) is 30.6 Å². The van der Waals surface area contributed by atoms with Gasteiger partial charge in [-0.25, -0.2) is 13.1 Å². The van der Waals surface area contributed by atoms with Crippen molar-refractivity contribution in [3.63, 3.8) is 0 Å². The Balaban J connectivity index is 1.68. The number of rotatable bonds is 9. The number of hydrogen-bond donors (Lipinski definition) is 1. The first-order valence-corrected chi connectivity index (χ1v) is 14.1. The zero-order valence-corrected chi connectivity index (χ0v) is 22.5. The predicted molar refractivity (Wildman–Crippen MR) is 155 cm³/mol. The van der Waals surface area contributed by atoms with Gasteiger partial charge in [-0.15, -0.1) is 0 Å². The summed E-state index contributed by atoms with van der Waals surface area (Å²) in [6.45, 7) is 2.44. The zero-order chi connectivity index (χ0) is 28.0. The molecule has 0 aliphatic heterocycles. The molecule has 2 heterocycles. The van der Waals surface area contributed by atoms with Crippen molar-refractivity contribution in [2.75, 3.05) is 11.9 Å². The highest BCUT2D eigenvalue weighted by atomic mass is 32.2. The molecule has 1 amide bonds. The van der Waals surface area contributed by atoms with Crippen LogP contribution in [0.2, 0.25) is 0 Å². The summed E-state index contributed by atoms with van der Waals surface area (Å²) in [4.78, 5) is 17.1. The molecule has 0 spiro atoms. The van der Waals surface area contributed by atoms with Gasteiger partial charge in [0.25, 0.3) is 5.91 Å². The molecule has 0 fully saturated rings. The first-order chi connectivity index (χ1) is 19.5. The molecule has 40 heavy (non-hydrogen) atoms. The number of nitrogens with zero attached hydrogens (tertiary/aromatic N) is 3. The van der Waals surface area contributed by atoms with Crippen LogP contribution in [0.1, 0.15) is 12.5 Å². The molecule has 2 aromatic heterocycles. The standard InChI is InChI=1S/C31H26N4O4S/c1-2-39-27-15-13-23(14-16-27)30-24(22-35(34-30)26-9-5-3-6-10-26)21-29(31(36)33-25-17-19-32-20-18-25)40(37,38)28-11-7-4-8-12-28/h3-22H,2H2,1H3,(H,32,33,36)/b29-21+. The second-order valence-electron chi connectivity index (χ2n) is 8.69. The highest BCUT2D eigenvalue weighted by Crippen LogP contribution is 2.30. The van der Waals surface area contributed by atoms with E-state index >= 15 is 0 Å². The summed E-state index contributed by atoms with van der Waals surface area (Å²) in [7, 11) is -4.21. The predicted octanol–water partition coefficient (Wildman–Crippen LogP) is 5.79. The fourth-order valence-electron chi connectivity index (χ4n) is 4.07. The number of carbonyl (C=O) groups excluding carboxylic acids is 1. The summed E-state index contributed by atoms with van der Waals surface area (Å²) < 4.78 is 34.9. The maximum atomic E-state index is 13.8. The summed E-state index contributed by atoms with van der Waals surface area (Å²) in [5, 5.41) is 7.46. The Morgan fingerprint density at radius 3 is 2.20 bits per heavy atom. The number of nitrogens with one attached hydrogen (secondary N) is 1. The maximum Gasteiger partial charge on any atom is 0.267 e. The number of carbonyl (C=O) groups is 1. The smallest absolute Gasteiger partial charge is 0.267 e. The Kier molecular flexibility index (Phi) is 7.84. The molecule has 0 aliphatic carbocycles. The Morgan fingerprint density at radius 2 is 1.55 bits per heavy atom. The molecule has 5 aromatic rings. The van der Waals surface area contributed by atoms with Crippen molar-refractivity contribution < 1.29 is 17.9 Å². The molecule has 0 atom stereocenters. The average Bonchev–Trinajstić information content (AvgIpc) is 3.42. The molecule has 3 aromatic carbocycles. The molecule has 200 valence electrons. The fraction of sp³-hybridized carbons (Fsp3) is 0.0645. The van der Waals surface area contributed by atoms with Crippen LogP contribution in [0.25, 0.3) is 23.0 Å². The third kappa shape index (κ3) is 5.84. The molecular weight excluding hydrogens is 524 g/mol. The van der Waals surface area contributed by atoms with Crippen LogP contribution in [-0.4, -0.2) is 35.7 Å². The van der Waals surface area contributed by atoms with Gasteiger partial charge in [0.2, 0.25) is 9.84 Å².